The standard InChI is InChI=1S/C15H12N2O2/c1-9-2-3-11-7-12(5-4-10(11)6-9)14-13(15(18)19)8-16-17-14/h2-8H,1H3,(H,16,17)(H,18,19). The van der Waals surface area contributed by atoms with Crippen molar-refractivity contribution in [3.63, 3.8) is 0 Å². The third-order valence-corrected chi connectivity index (χ3v) is 3.15. The van der Waals surface area contributed by atoms with Gasteiger partial charge in [0.25, 0.3) is 0 Å². The molecule has 1 heterocycles. The summed E-state index contributed by atoms with van der Waals surface area (Å²) in [6, 6.07) is 12.0. The number of aryl methyl sites for hydroxylation is 1. The molecule has 4 nitrogen and oxygen atoms in total. The van der Waals surface area contributed by atoms with Gasteiger partial charge in [0.05, 0.1) is 11.9 Å². The zero-order chi connectivity index (χ0) is 13.4. The van der Waals surface area contributed by atoms with Crippen LogP contribution in [0.1, 0.15) is 15.9 Å². The van der Waals surface area contributed by atoms with Gasteiger partial charge in [0.2, 0.25) is 0 Å². The van der Waals surface area contributed by atoms with E-state index in [-0.39, 0.29) is 5.56 Å². The summed E-state index contributed by atoms with van der Waals surface area (Å²) < 4.78 is 0. The maximum absolute atomic E-state index is 11.1. The molecule has 0 radical (unpaired) electrons. The van der Waals surface area contributed by atoms with Gasteiger partial charge in [-0.2, -0.15) is 5.10 Å². The first-order chi connectivity index (χ1) is 9.15. The van der Waals surface area contributed by atoms with Crippen molar-refractivity contribution in [1.82, 2.24) is 10.2 Å². The molecule has 2 aromatic carbocycles. The van der Waals surface area contributed by atoms with E-state index in [1.54, 1.807) is 0 Å². The molecule has 0 aliphatic rings. The number of carboxylic acid groups (broad SMARTS) is 1. The Morgan fingerprint density at radius 3 is 2.68 bits per heavy atom. The molecule has 0 atom stereocenters. The topological polar surface area (TPSA) is 66.0 Å². The molecule has 4 heteroatoms. The van der Waals surface area contributed by atoms with Crippen LogP contribution < -0.4 is 0 Å². The van der Waals surface area contributed by atoms with E-state index >= 15 is 0 Å². The third kappa shape index (κ3) is 1.97. The molecule has 0 fully saturated rings. The van der Waals surface area contributed by atoms with Crippen LogP contribution in [-0.2, 0) is 0 Å². The predicted molar refractivity (Wildman–Crippen MR) is 73.2 cm³/mol. The minimum Gasteiger partial charge on any atom is -0.478 e. The summed E-state index contributed by atoms with van der Waals surface area (Å²) in [5.41, 5.74) is 2.75. The molecule has 0 aliphatic heterocycles. The lowest BCUT2D eigenvalue weighted by molar-refractivity contribution is 0.0698. The smallest absolute Gasteiger partial charge is 0.339 e. The van der Waals surface area contributed by atoms with E-state index in [0.29, 0.717) is 5.69 Å². The van der Waals surface area contributed by atoms with Gasteiger partial charge in [-0.1, -0.05) is 35.9 Å². The van der Waals surface area contributed by atoms with Gasteiger partial charge in [-0.3, -0.25) is 5.10 Å². The van der Waals surface area contributed by atoms with Crippen molar-refractivity contribution in [2.45, 2.75) is 6.92 Å². The Morgan fingerprint density at radius 1 is 1.16 bits per heavy atom. The molecule has 1 aromatic heterocycles. The molecule has 19 heavy (non-hydrogen) atoms. The molecule has 3 aromatic rings. The van der Waals surface area contributed by atoms with E-state index in [9.17, 15) is 4.79 Å². The zero-order valence-corrected chi connectivity index (χ0v) is 10.3. The number of fused-ring (bicyclic) bond motifs is 1. The summed E-state index contributed by atoms with van der Waals surface area (Å²) >= 11 is 0. The molecule has 0 unspecified atom stereocenters. The van der Waals surface area contributed by atoms with Gasteiger partial charge >= 0.3 is 5.97 Å². The van der Waals surface area contributed by atoms with E-state index in [4.69, 9.17) is 5.11 Å². The maximum atomic E-state index is 11.1. The first-order valence-electron chi connectivity index (χ1n) is 5.92. The average molecular weight is 252 g/mol. The van der Waals surface area contributed by atoms with Gasteiger partial charge in [-0.15, -0.1) is 0 Å². The number of hydrogen-bond donors (Lipinski definition) is 2. The van der Waals surface area contributed by atoms with Crippen LogP contribution in [0, 0.1) is 6.92 Å². The van der Waals surface area contributed by atoms with Crippen LogP contribution in [0.15, 0.2) is 42.6 Å². The fourth-order valence-corrected chi connectivity index (χ4v) is 2.19. The number of nitrogens with one attached hydrogen (secondary N) is 1. The number of aromatic nitrogens is 2. The van der Waals surface area contributed by atoms with Crippen molar-refractivity contribution in [1.29, 1.82) is 0 Å². The summed E-state index contributed by atoms with van der Waals surface area (Å²) in [6.45, 7) is 2.05. The molecular weight excluding hydrogens is 240 g/mol. The Balaban J connectivity index is 2.18. The third-order valence-electron chi connectivity index (χ3n) is 3.15. The zero-order valence-electron chi connectivity index (χ0n) is 10.3. The van der Waals surface area contributed by atoms with Crippen LogP contribution in [0.3, 0.4) is 0 Å². The normalized spacial score (nSPS) is 10.8. The second kappa shape index (κ2) is 4.24. The van der Waals surface area contributed by atoms with Crippen molar-refractivity contribution in [2.24, 2.45) is 0 Å². The van der Waals surface area contributed by atoms with Crippen molar-refractivity contribution in [3.05, 3.63) is 53.7 Å². The van der Waals surface area contributed by atoms with Crippen LogP contribution in [0.25, 0.3) is 22.0 Å². The number of H-pyrrole nitrogens is 1. The lowest BCUT2D eigenvalue weighted by atomic mass is 10.0. The Hall–Kier alpha value is -2.62. The average Bonchev–Trinajstić information content (AvgIpc) is 2.87. The summed E-state index contributed by atoms with van der Waals surface area (Å²) in [5.74, 6) is -0.979. The Bertz CT molecular complexity index is 775. The van der Waals surface area contributed by atoms with Crippen LogP contribution >= 0.6 is 0 Å². The van der Waals surface area contributed by atoms with Crippen molar-refractivity contribution in [3.8, 4) is 11.3 Å². The molecule has 3 rings (SSSR count). The maximum Gasteiger partial charge on any atom is 0.339 e. The van der Waals surface area contributed by atoms with Gasteiger partial charge < -0.3 is 5.11 Å². The van der Waals surface area contributed by atoms with Gasteiger partial charge in [0, 0.05) is 5.56 Å². The molecule has 0 saturated heterocycles. The fraction of sp³-hybridized carbons (Fsp3) is 0.0667. The molecular formula is C15H12N2O2. The summed E-state index contributed by atoms with van der Waals surface area (Å²) in [4.78, 5) is 11.1. The Morgan fingerprint density at radius 2 is 1.89 bits per heavy atom. The number of carbonyl (C=O) groups is 1. The second-order valence-electron chi connectivity index (χ2n) is 4.53. The largest absolute Gasteiger partial charge is 0.478 e. The highest BCUT2D eigenvalue weighted by Crippen LogP contribution is 2.26. The van der Waals surface area contributed by atoms with Crippen LogP contribution in [0.2, 0.25) is 0 Å². The monoisotopic (exact) mass is 252 g/mol. The Labute approximate surface area is 109 Å². The predicted octanol–water partition coefficient (Wildman–Crippen LogP) is 3.24. The summed E-state index contributed by atoms with van der Waals surface area (Å²) in [6.07, 6.45) is 1.33. The molecule has 0 amide bonds. The SMILES string of the molecule is Cc1ccc2cc(-c3[nH]ncc3C(=O)O)ccc2c1. The number of rotatable bonds is 2. The second-order valence-corrected chi connectivity index (χ2v) is 4.53. The quantitative estimate of drug-likeness (QED) is 0.735. The van der Waals surface area contributed by atoms with E-state index < -0.39 is 5.97 Å². The summed E-state index contributed by atoms with van der Waals surface area (Å²) in [7, 11) is 0. The first-order valence-corrected chi connectivity index (χ1v) is 5.92. The van der Waals surface area contributed by atoms with Gasteiger partial charge in [-0.05, 0) is 23.8 Å². The molecule has 94 valence electrons. The summed E-state index contributed by atoms with van der Waals surface area (Å²) in [5, 5.41) is 17.9. The van der Waals surface area contributed by atoms with E-state index in [0.717, 1.165) is 16.3 Å². The minimum atomic E-state index is -0.979. The molecule has 2 N–H and O–H groups in total. The van der Waals surface area contributed by atoms with Gasteiger partial charge in [-0.25, -0.2) is 4.79 Å². The number of nitrogens with zero attached hydrogens (tertiary/aromatic N) is 1. The number of hydrogen-bond acceptors (Lipinski definition) is 2. The Kier molecular flexibility index (Phi) is 2.56. The lowest BCUT2D eigenvalue weighted by Crippen LogP contribution is -1.96. The van der Waals surface area contributed by atoms with Crippen molar-refractivity contribution >= 4 is 16.7 Å². The molecule has 0 bridgehead atoms. The highest BCUT2D eigenvalue weighted by molar-refractivity contribution is 5.96. The van der Waals surface area contributed by atoms with Gasteiger partial charge in [0.1, 0.15) is 5.56 Å². The molecule has 0 spiro atoms. The number of benzene rings is 2. The fourth-order valence-electron chi connectivity index (χ4n) is 2.19. The van der Waals surface area contributed by atoms with Crippen LogP contribution in [-0.4, -0.2) is 21.3 Å². The number of aromatic carboxylic acids is 1. The lowest BCUT2D eigenvalue weighted by Gasteiger charge is -2.04. The van der Waals surface area contributed by atoms with Crippen LogP contribution in [0.5, 0.6) is 0 Å². The van der Waals surface area contributed by atoms with E-state index in [2.05, 4.69) is 16.3 Å². The highest BCUT2D eigenvalue weighted by Gasteiger charge is 2.14. The number of aromatic amines is 1. The highest BCUT2D eigenvalue weighted by atomic mass is 16.4. The number of carboxylic acids is 1. The van der Waals surface area contributed by atoms with E-state index in [1.165, 1.54) is 11.8 Å². The first kappa shape index (κ1) is 11.5. The van der Waals surface area contributed by atoms with Gasteiger partial charge in [0.15, 0.2) is 0 Å². The minimum absolute atomic E-state index is 0.187. The molecule has 0 saturated carbocycles. The van der Waals surface area contributed by atoms with Crippen LogP contribution in [0.4, 0.5) is 0 Å². The van der Waals surface area contributed by atoms with Crippen molar-refractivity contribution < 1.29 is 9.90 Å². The molecule has 0 aliphatic carbocycles. The van der Waals surface area contributed by atoms with E-state index in [1.807, 2.05) is 37.3 Å². The van der Waals surface area contributed by atoms with Crippen molar-refractivity contribution in [2.75, 3.05) is 0 Å².